The van der Waals surface area contributed by atoms with Crippen LogP contribution in [0, 0.1) is 17.7 Å². The van der Waals surface area contributed by atoms with Crippen LogP contribution in [0.2, 0.25) is 0 Å². The Morgan fingerprint density at radius 3 is 2.64 bits per heavy atom. The first-order valence-electron chi connectivity index (χ1n) is 9.95. The van der Waals surface area contributed by atoms with Crippen molar-refractivity contribution < 1.29 is 23.5 Å². The first-order chi connectivity index (χ1) is 13.5. The highest BCUT2D eigenvalue weighted by Gasteiger charge is 2.38. The van der Waals surface area contributed by atoms with Crippen molar-refractivity contribution in [2.75, 3.05) is 32.8 Å². The van der Waals surface area contributed by atoms with Crippen LogP contribution < -0.4 is 0 Å². The lowest BCUT2D eigenvalue weighted by Crippen LogP contribution is -2.45. The van der Waals surface area contributed by atoms with Crippen molar-refractivity contribution in [3.8, 4) is 0 Å². The van der Waals surface area contributed by atoms with Gasteiger partial charge in [-0.1, -0.05) is 12.1 Å². The van der Waals surface area contributed by atoms with Gasteiger partial charge in [0.25, 0.3) is 0 Å². The maximum atomic E-state index is 13.0. The van der Waals surface area contributed by atoms with Gasteiger partial charge in [-0.05, 0) is 43.9 Å². The van der Waals surface area contributed by atoms with Crippen LogP contribution in [0.4, 0.5) is 4.39 Å². The Morgan fingerprint density at radius 2 is 1.93 bits per heavy atom. The molecule has 0 unspecified atom stereocenters. The van der Waals surface area contributed by atoms with Gasteiger partial charge in [0, 0.05) is 32.6 Å². The van der Waals surface area contributed by atoms with E-state index in [-0.39, 0.29) is 41.9 Å². The Labute approximate surface area is 164 Å². The zero-order chi connectivity index (χ0) is 20.1. The van der Waals surface area contributed by atoms with Crippen LogP contribution in [0.1, 0.15) is 31.7 Å². The molecule has 152 valence electrons. The van der Waals surface area contributed by atoms with Gasteiger partial charge in [0.05, 0.1) is 18.4 Å². The van der Waals surface area contributed by atoms with E-state index in [1.165, 1.54) is 12.1 Å². The Hall–Kier alpha value is -2.44. The zero-order valence-corrected chi connectivity index (χ0v) is 16.2. The van der Waals surface area contributed by atoms with Crippen molar-refractivity contribution in [3.05, 3.63) is 35.6 Å². The number of nitrogens with zero attached hydrogens (tertiary/aromatic N) is 2. The lowest BCUT2D eigenvalue weighted by Gasteiger charge is -2.33. The maximum absolute atomic E-state index is 13.0. The number of amides is 2. The summed E-state index contributed by atoms with van der Waals surface area (Å²) in [5, 5.41) is 0. The standard InChI is InChI=1S/C21H27FN2O4/c1-2-28-21(27)16-4-3-10-24(13-16)20(26)17-12-19(25)23(14-17)11-9-15-5-7-18(22)8-6-15/h5-8,16-17H,2-4,9-14H2,1H3/t16-,17+/m0/s1. The molecular formula is C21H27FN2O4. The van der Waals surface area contributed by atoms with E-state index < -0.39 is 0 Å². The van der Waals surface area contributed by atoms with Gasteiger partial charge in [-0.15, -0.1) is 0 Å². The van der Waals surface area contributed by atoms with E-state index in [1.807, 2.05) is 0 Å². The van der Waals surface area contributed by atoms with Crippen LogP contribution >= 0.6 is 0 Å². The summed E-state index contributed by atoms with van der Waals surface area (Å²) >= 11 is 0. The van der Waals surface area contributed by atoms with Crippen LogP contribution in [0.25, 0.3) is 0 Å². The molecule has 1 aromatic carbocycles. The summed E-state index contributed by atoms with van der Waals surface area (Å²) in [6.45, 7) is 4.02. The third-order valence-corrected chi connectivity index (χ3v) is 5.50. The molecule has 0 bridgehead atoms. The SMILES string of the molecule is CCOC(=O)[C@H]1CCCN(C(=O)[C@@H]2CC(=O)N(CCc3ccc(F)cc3)C2)C1. The number of piperidine rings is 1. The lowest BCUT2D eigenvalue weighted by molar-refractivity contribution is -0.152. The number of carbonyl (C=O) groups excluding carboxylic acids is 3. The Bertz CT molecular complexity index is 722. The fraction of sp³-hybridized carbons (Fsp3) is 0.571. The van der Waals surface area contributed by atoms with Crippen LogP contribution in [0.5, 0.6) is 0 Å². The average molecular weight is 390 g/mol. The molecule has 7 heteroatoms. The first-order valence-corrected chi connectivity index (χ1v) is 9.95. The molecule has 28 heavy (non-hydrogen) atoms. The molecule has 1 aromatic rings. The molecule has 0 aromatic heterocycles. The number of benzene rings is 1. The van der Waals surface area contributed by atoms with Gasteiger partial charge >= 0.3 is 5.97 Å². The molecule has 2 heterocycles. The number of halogens is 1. The number of ether oxygens (including phenoxy) is 1. The monoisotopic (exact) mass is 390 g/mol. The van der Waals surface area contributed by atoms with Gasteiger partial charge in [-0.2, -0.15) is 0 Å². The minimum absolute atomic E-state index is 0.0283. The molecular weight excluding hydrogens is 363 g/mol. The maximum Gasteiger partial charge on any atom is 0.310 e. The predicted octanol–water partition coefficient (Wildman–Crippen LogP) is 2.02. The van der Waals surface area contributed by atoms with Gasteiger partial charge in [0.2, 0.25) is 11.8 Å². The molecule has 0 N–H and O–H groups in total. The molecule has 6 nitrogen and oxygen atoms in total. The molecule has 2 aliphatic rings. The minimum atomic E-state index is -0.360. The molecule has 2 atom stereocenters. The zero-order valence-electron chi connectivity index (χ0n) is 16.2. The fourth-order valence-corrected chi connectivity index (χ4v) is 3.96. The molecule has 2 fully saturated rings. The van der Waals surface area contributed by atoms with Crippen LogP contribution in [0.3, 0.4) is 0 Å². The molecule has 0 radical (unpaired) electrons. The summed E-state index contributed by atoms with van der Waals surface area (Å²) in [5.41, 5.74) is 0.956. The van der Waals surface area contributed by atoms with E-state index in [1.54, 1.807) is 28.9 Å². The summed E-state index contributed by atoms with van der Waals surface area (Å²) < 4.78 is 18.1. The molecule has 2 saturated heterocycles. The smallest absolute Gasteiger partial charge is 0.310 e. The number of esters is 1. The van der Waals surface area contributed by atoms with E-state index in [0.717, 1.165) is 18.4 Å². The summed E-state index contributed by atoms with van der Waals surface area (Å²) in [6.07, 6.45) is 2.34. The number of rotatable bonds is 6. The summed E-state index contributed by atoms with van der Waals surface area (Å²) in [5.74, 6) is -1.24. The Morgan fingerprint density at radius 1 is 1.18 bits per heavy atom. The second-order valence-corrected chi connectivity index (χ2v) is 7.49. The molecule has 0 spiro atoms. The van der Waals surface area contributed by atoms with Crippen molar-refractivity contribution in [1.29, 1.82) is 0 Å². The quantitative estimate of drug-likeness (QED) is 0.697. The van der Waals surface area contributed by atoms with E-state index in [2.05, 4.69) is 0 Å². The van der Waals surface area contributed by atoms with Crippen LogP contribution in [-0.4, -0.2) is 60.4 Å². The molecule has 2 aliphatic heterocycles. The number of likely N-dealkylation sites (tertiary alicyclic amines) is 2. The second-order valence-electron chi connectivity index (χ2n) is 7.49. The fourth-order valence-electron chi connectivity index (χ4n) is 3.96. The minimum Gasteiger partial charge on any atom is -0.466 e. The van der Waals surface area contributed by atoms with Crippen molar-refractivity contribution in [2.45, 2.75) is 32.6 Å². The highest BCUT2D eigenvalue weighted by molar-refractivity contribution is 5.89. The summed E-state index contributed by atoms with van der Waals surface area (Å²) in [4.78, 5) is 40.6. The predicted molar refractivity (Wildman–Crippen MR) is 101 cm³/mol. The third-order valence-electron chi connectivity index (χ3n) is 5.50. The largest absolute Gasteiger partial charge is 0.466 e. The van der Waals surface area contributed by atoms with Crippen molar-refractivity contribution in [1.82, 2.24) is 9.80 Å². The number of hydrogen-bond donors (Lipinski definition) is 0. The van der Waals surface area contributed by atoms with E-state index in [0.29, 0.717) is 39.2 Å². The van der Waals surface area contributed by atoms with Gasteiger partial charge < -0.3 is 14.5 Å². The molecule has 3 rings (SSSR count). The third kappa shape index (κ3) is 4.88. The lowest BCUT2D eigenvalue weighted by atomic mass is 9.96. The number of carbonyl (C=O) groups is 3. The average Bonchev–Trinajstić information content (AvgIpc) is 3.08. The highest BCUT2D eigenvalue weighted by Crippen LogP contribution is 2.25. The van der Waals surface area contributed by atoms with Gasteiger partial charge in [-0.25, -0.2) is 4.39 Å². The summed E-state index contributed by atoms with van der Waals surface area (Å²) in [7, 11) is 0. The highest BCUT2D eigenvalue weighted by atomic mass is 19.1. The normalized spacial score (nSPS) is 22.4. The van der Waals surface area contributed by atoms with Gasteiger partial charge in [0.15, 0.2) is 0 Å². The molecule has 2 amide bonds. The summed E-state index contributed by atoms with van der Waals surface area (Å²) in [6, 6.07) is 6.23. The van der Waals surface area contributed by atoms with Crippen molar-refractivity contribution >= 4 is 17.8 Å². The van der Waals surface area contributed by atoms with Gasteiger partial charge in [0.1, 0.15) is 5.82 Å². The van der Waals surface area contributed by atoms with E-state index in [4.69, 9.17) is 4.74 Å². The van der Waals surface area contributed by atoms with Crippen LogP contribution in [-0.2, 0) is 25.5 Å². The van der Waals surface area contributed by atoms with E-state index >= 15 is 0 Å². The van der Waals surface area contributed by atoms with Crippen molar-refractivity contribution in [2.24, 2.45) is 11.8 Å². The van der Waals surface area contributed by atoms with Gasteiger partial charge in [-0.3, -0.25) is 14.4 Å². The molecule has 0 aliphatic carbocycles. The van der Waals surface area contributed by atoms with Crippen molar-refractivity contribution in [3.63, 3.8) is 0 Å². The number of hydrogen-bond acceptors (Lipinski definition) is 4. The molecule has 0 saturated carbocycles. The topological polar surface area (TPSA) is 66.9 Å². The van der Waals surface area contributed by atoms with Crippen LogP contribution in [0.15, 0.2) is 24.3 Å². The van der Waals surface area contributed by atoms with E-state index in [9.17, 15) is 18.8 Å². The second kappa shape index (κ2) is 9.17. The Balaban J connectivity index is 1.52. The first kappa shape index (κ1) is 20.3. The Kier molecular flexibility index (Phi) is 6.65.